The van der Waals surface area contributed by atoms with Gasteiger partial charge in [0.2, 0.25) is 0 Å². The molecule has 0 N–H and O–H groups in total. The molecule has 0 spiro atoms. The molecule has 2 atom stereocenters. The maximum atomic E-state index is 10.6. The average molecular weight is 312 g/mol. The summed E-state index contributed by atoms with van der Waals surface area (Å²) < 4.78 is 0. The molecule has 2 unspecified atom stereocenters. The van der Waals surface area contributed by atoms with Crippen LogP contribution in [-0.4, -0.2) is 9.75 Å². The SMILES string of the molecule is O=[N+]([O-])c1ccc(CC2CCCCCC2Br)cc1. The lowest BCUT2D eigenvalue weighted by atomic mass is 9.92. The van der Waals surface area contributed by atoms with Crippen LogP contribution in [0.4, 0.5) is 5.69 Å². The van der Waals surface area contributed by atoms with Crippen molar-refractivity contribution in [2.45, 2.75) is 43.4 Å². The van der Waals surface area contributed by atoms with E-state index in [1.165, 1.54) is 37.7 Å². The first kappa shape index (κ1) is 13.5. The number of nitro groups is 1. The van der Waals surface area contributed by atoms with Gasteiger partial charge in [-0.3, -0.25) is 10.1 Å². The van der Waals surface area contributed by atoms with E-state index in [9.17, 15) is 10.1 Å². The zero-order chi connectivity index (χ0) is 13.0. The molecule has 2 rings (SSSR count). The third kappa shape index (κ3) is 3.55. The molecule has 1 aromatic rings. The number of rotatable bonds is 3. The molecular formula is C14H18BrNO2. The number of hydrogen-bond acceptors (Lipinski definition) is 2. The first-order chi connectivity index (χ1) is 8.66. The number of non-ortho nitro benzene ring substituents is 1. The molecule has 1 fully saturated rings. The monoisotopic (exact) mass is 311 g/mol. The Morgan fingerprint density at radius 2 is 1.83 bits per heavy atom. The van der Waals surface area contributed by atoms with Crippen LogP contribution in [0.5, 0.6) is 0 Å². The van der Waals surface area contributed by atoms with Gasteiger partial charge < -0.3 is 0 Å². The fourth-order valence-corrected chi connectivity index (χ4v) is 3.40. The molecule has 0 radical (unpaired) electrons. The van der Waals surface area contributed by atoms with Crippen LogP contribution in [0.1, 0.15) is 37.7 Å². The third-order valence-corrected chi connectivity index (χ3v) is 4.92. The Hall–Kier alpha value is -0.900. The number of halogens is 1. The van der Waals surface area contributed by atoms with Crippen LogP contribution in [0, 0.1) is 16.0 Å². The van der Waals surface area contributed by atoms with Gasteiger partial charge in [-0.05, 0) is 30.7 Å². The summed E-state index contributed by atoms with van der Waals surface area (Å²) in [6.45, 7) is 0. The minimum absolute atomic E-state index is 0.176. The van der Waals surface area contributed by atoms with Gasteiger partial charge in [-0.15, -0.1) is 0 Å². The second-order valence-corrected chi connectivity index (χ2v) is 6.22. The Morgan fingerprint density at radius 3 is 2.50 bits per heavy atom. The Morgan fingerprint density at radius 1 is 1.17 bits per heavy atom. The predicted octanol–water partition coefficient (Wildman–Crippen LogP) is 4.48. The average Bonchev–Trinajstić information content (AvgIpc) is 2.56. The Bertz CT molecular complexity index is 405. The summed E-state index contributed by atoms with van der Waals surface area (Å²) in [6.07, 6.45) is 7.48. The Balaban J connectivity index is 2.01. The summed E-state index contributed by atoms with van der Waals surface area (Å²) in [7, 11) is 0. The molecule has 0 bridgehead atoms. The summed E-state index contributed by atoms with van der Waals surface area (Å²) in [5.41, 5.74) is 1.38. The highest BCUT2D eigenvalue weighted by Gasteiger charge is 2.21. The Kier molecular flexibility index (Phi) is 4.75. The molecule has 1 aromatic carbocycles. The molecule has 0 aliphatic heterocycles. The molecule has 1 aliphatic rings. The minimum atomic E-state index is -0.345. The van der Waals surface area contributed by atoms with Gasteiger partial charge in [0.15, 0.2) is 0 Å². The largest absolute Gasteiger partial charge is 0.269 e. The van der Waals surface area contributed by atoms with Gasteiger partial charge in [0, 0.05) is 17.0 Å². The maximum absolute atomic E-state index is 10.6. The van der Waals surface area contributed by atoms with Crippen LogP contribution in [0.3, 0.4) is 0 Å². The molecule has 0 saturated heterocycles. The van der Waals surface area contributed by atoms with Gasteiger partial charge in [-0.1, -0.05) is 47.3 Å². The molecule has 0 heterocycles. The summed E-state index contributed by atoms with van der Waals surface area (Å²) in [4.78, 5) is 10.8. The fourth-order valence-electron chi connectivity index (χ4n) is 2.63. The second-order valence-electron chi connectivity index (χ2n) is 5.04. The van der Waals surface area contributed by atoms with Crippen molar-refractivity contribution in [2.75, 3.05) is 0 Å². The first-order valence-corrected chi connectivity index (χ1v) is 7.46. The molecule has 3 nitrogen and oxygen atoms in total. The summed E-state index contributed by atoms with van der Waals surface area (Å²) in [5.74, 6) is 0.661. The van der Waals surface area contributed by atoms with Gasteiger partial charge in [0.25, 0.3) is 5.69 Å². The quantitative estimate of drug-likeness (QED) is 0.357. The number of nitrogens with zero attached hydrogens (tertiary/aromatic N) is 1. The van der Waals surface area contributed by atoms with Crippen molar-refractivity contribution in [1.29, 1.82) is 0 Å². The third-order valence-electron chi connectivity index (χ3n) is 3.71. The van der Waals surface area contributed by atoms with Crippen LogP contribution in [-0.2, 0) is 6.42 Å². The van der Waals surface area contributed by atoms with Crippen molar-refractivity contribution in [3.8, 4) is 0 Å². The molecular weight excluding hydrogens is 294 g/mol. The second kappa shape index (κ2) is 6.32. The van der Waals surface area contributed by atoms with Crippen LogP contribution in [0.25, 0.3) is 0 Å². The van der Waals surface area contributed by atoms with E-state index in [0.29, 0.717) is 10.7 Å². The summed E-state index contributed by atoms with van der Waals surface area (Å²) in [6, 6.07) is 7.00. The molecule has 1 aliphatic carbocycles. The van der Waals surface area contributed by atoms with Crippen molar-refractivity contribution in [3.05, 3.63) is 39.9 Å². The van der Waals surface area contributed by atoms with E-state index in [1.807, 2.05) is 12.1 Å². The topological polar surface area (TPSA) is 43.1 Å². The first-order valence-electron chi connectivity index (χ1n) is 6.54. The normalized spacial score (nSPS) is 24.5. The van der Waals surface area contributed by atoms with Crippen LogP contribution < -0.4 is 0 Å². The fraction of sp³-hybridized carbons (Fsp3) is 0.571. The van der Waals surface area contributed by atoms with Crippen LogP contribution >= 0.6 is 15.9 Å². The number of hydrogen-bond donors (Lipinski definition) is 0. The zero-order valence-corrected chi connectivity index (χ0v) is 11.9. The zero-order valence-electron chi connectivity index (χ0n) is 10.3. The number of benzene rings is 1. The van der Waals surface area contributed by atoms with Crippen LogP contribution in [0.15, 0.2) is 24.3 Å². The summed E-state index contributed by atoms with van der Waals surface area (Å²) in [5, 5.41) is 10.6. The molecule has 1 saturated carbocycles. The van der Waals surface area contributed by atoms with E-state index in [2.05, 4.69) is 15.9 Å². The van der Waals surface area contributed by atoms with Crippen molar-refractivity contribution < 1.29 is 4.92 Å². The standard InChI is InChI=1S/C14H18BrNO2/c15-14-5-3-1-2-4-12(14)10-11-6-8-13(9-7-11)16(17)18/h6-9,12,14H,1-5,10H2. The highest BCUT2D eigenvalue weighted by molar-refractivity contribution is 9.09. The highest BCUT2D eigenvalue weighted by atomic mass is 79.9. The van der Waals surface area contributed by atoms with Gasteiger partial charge in [0.05, 0.1) is 4.92 Å². The number of alkyl halides is 1. The van der Waals surface area contributed by atoms with E-state index < -0.39 is 0 Å². The van der Waals surface area contributed by atoms with Gasteiger partial charge in [-0.25, -0.2) is 0 Å². The van der Waals surface area contributed by atoms with Gasteiger partial charge in [0.1, 0.15) is 0 Å². The predicted molar refractivity (Wildman–Crippen MR) is 76.1 cm³/mol. The van der Waals surface area contributed by atoms with Crippen molar-refractivity contribution in [3.63, 3.8) is 0 Å². The summed E-state index contributed by atoms with van der Waals surface area (Å²) >= 11 is 3.79. The van der Waals surface area contributed by atoms with E-state index in [1.54, 1.807) is 12.1 Å². The maximum Gasteiger partial charge on any atom is 0.269 e. The van der Waals surface area contributed by atoms with Gasteiger partial charge in [-0.2, -0.15) is 0 Å². The lowest BCUT2D eigenvalue weighted by Crippen LogP contribution is -2.15. The van der Waals surface area contributed by atoms with E-state index in [4.69, 9.17) is 0 Å². The highest BCUT2D eigenvalue weighted by Crippen LogP contribution is 2.31. The van der Waals surface area contributed by atoms with Crippen LogP contribution in [0.2, 0.25) is 0 Å². The molecule has 4 heteroatoms. The molecule has 0 amide bonds. The van der Waals surface area contributed by atoms with E-state index in [-0.39, 0.29) is 10.6 Å². The number of nitro benzene ring substituents is 1. The minimum Gasteiger partial charge on any atom is -0.258 e. The van der Waals surface area contributed by atoms with Crippen molar-refractivity contribution >= 4 is 21.6 Å². The smallest absolute Gasteiger partial charge is 0.258 e. The molecule has 18 heavy (non-hydrogen) atoms. The molecule has 98 valence electrons. The van der Waals surface area contributed by atoms with Crippen molar-refractivity contribution in [1.82, 2.24) is 0 Å². The molecule has 0 aromatic heterocycles. The lowest BCUT2D eigenvalue weighted by molar-refractivity contribution is -0.384. The van der Waals surface area contributed by atoms with Crippen molar-refractivity contribution in [2.24, 2.45) is 5.92 Å². The Labute approximate surface area is 116 Å². The van der Waals surface area contributed by atoms with Gasteiger partial charge >= 0.3 is 0 Å². The lowest BCUT2D eigenvalue weighted by Gasteiger charge is -2.19. The van der Waals surface area contributed by atoms with E-state index >= 15 is 0 Å². The van der Waals surface area contributed by atoms with E-state index in [0.717, 1.165) is 6.42 Å².